The fourth-order valence-corrected chi connectivity index (χ4v) is 4.48. The SMILES string of the molecule is COCCOC(=O)Nc1cccc(NC(=O)c2ccc(S(=O)(=O)N3CCCCC3)o2)c1. The molecule has 1 saturated heterocycles. The Labute approximate surface area is 180 Å². The van der Waals surface area contributed by atoms with Crippen LogP contribution in [0.1, 0.15) is 29.8 Å². The first-order chi connectivity index (χ1) is 14.9. The molecule has 1 aromatic carbocycles. The molecule has 0 bridgehead atoms. The highest BCUT2D eigenvalue weighted by molar-refractivity contribution is 7.89. The molecular formula is C20H25N3O7S. The number of anilines is 2. The van der Waals surface area contributed by atoms with Gasteiger partial charge < -0.3 is 19.2 Å². The maximum atomic E-state index is 12.7. The highest BCUT2D eigenvalue weighted by atomic mass is 32.2. The lowest BCUT2D eigenvalue weighted by Crippen LogP contribution is -2.35. The normalized spacial score (nSPS) is 14.7. The van der Waals surface area contributed by atoms with E-state index >= 15 is 0 Å². The minimum atomic E-state index is -3.76. The van der Waals surface area contributed by atoms with Crippen LogP contribution < -0.4 is 10.6 Å². The summed E-state index contributed by atoms with van der Waals surface area (Å²) in [6, 6.07) is 9.02. The van der Waals surface area contributed by atoms with Gasteiger partial charge in [-0.05, 0) is 43.2 Å². The number of carbonyl (C=O) groups excluding carboxylic acids is 2. The summed E-state index contributed by atoms with van der Waals surface area (Å²) < 4.78 is 41.8. The van der Waals surface area contributed by atoms with Gasteiger partial charge in [0.2, 0.25) is 5.09 Å². The first-order valence-corrected chi connectivity index (χ1v) is 11.3. The van der Waals surface area contributed by atoms with Gasteiger partial charge in [-0.3, -0.25) is 10.1 Å². The van der Waals surface area contributed by atoms with E-state index in [4.69, 9.17) is 13.9 Å². The van der Waals surface area contributed by atoms with Crippen molar-refractivity contribution < 1.29 is 31.9 Å². The lowest BCUT2D eigenvalue weighted by Gasteiger charge is -2.24. The van der Waals surface area contributed by atoms with E-state index in [-0.39, 0.29) is 24.1 Å². The molecule has 1 aliphatic heterocycles. The molecule has 1 aromatic heterocycles. The number of piperidine rings is 1. The maximum absolute atomic E-state index is 12.7. The van der Waals surface area contributed by atoms with Crippen molar-refractivity contribution in [3.8, 4) is 0 Å². The first kappa shape index (κ1) is 22.8. The number of amides is 2. The fourth-order valence-electron chi connectivity index (χ4n) is 3.05. The molecule has 11 heteroatoms. The van der Waals surface area contributed by atoms with Crippen LogP contribution in [-0.4, -0.2) is 58.1 Å². The number of hydrogen-bond acceptors (Lipinski definition) is 7. The Balaban J connectivity index is 1.62. The molecule has 2 amide bonds. The van der Waals surface area contributed by atoms with Crippen LogP contribution in [0.25, 0.3) is 0 Å². The van der Waals surface area contributed by atoms with Gasteiger partial charge >= 0.3 is 6.09 Å². The second-order valence-corrected chi connectivity index (χ2v) is 8.74. The Bertz CT molecular complexity index is 1010. The smallest absolute Gasteiger partial charge is 0.411 e. The summed E-state index contributed by atoms with van der Waals surface area (Å²) in [5.74, 6) is -0.743. The van der Waals surface area contributed by atoms with Crippen LogP contribution in [0.15, 0.2) is 45.9 Å². The van der Waals surface area contributed by atoms with Gasteiger partial charge in [0.05, 0.1) is 6.61 Å². The molecule has 1 aliphatic rings. The Morgan fingerprint density at radius 2 is 1.74 bits per heavy atom. The Morgan fingerprint density at radius 3 is 2.45 bits per heavy atom. The lowest BCUT2D eigenvalue weighted by atomic mass is 10.2. The number of furan rings is 1. The summed E-state index contributed by atoms with van der Waals surface area (Å²) in [4.78, 5) is 24.2. The van der Waals surface area contributed by atoms with Gasteiger partial charge in [0.1, 0.15) is 6.61 Å². The summed E-state index contributed by atoms with van der Waals surface area (Å²) in [5, 5.41) is 4.90. The van der Waals surface area contributed by atoms with Crippen molar-refractivity contribution in [3.63, 3.8) is 0 Å². The number of hydrogen-bond donors (Lipinski definition) is 2. The number of nitrogens with zero attached hydrogens (tertiary/aromatic N) is 1. The van der Waals surface area contributed by atoms with E-state index in [2.05, 4.69) is 10.6 Å². The molecule has 2 aromatic rings. The molecule has 1 fully saturated rings. The van der Waals surface area contributed by atoms with Crippen LogP contribution in [0.3, 0.4) is 0 Å². The molecule has 2 N–H and O–H groups in total. The van der Waals surface area contributed by atoms with E-state index in [1.165, 1.54) is 29.6 Å². The lowest BCUT2D eigenvalue weighted by molar-refractivity contribution is 0.0991. The van der Waals surface area contributed by atoms with Gasteiger partial charge in [-0.25, -0.2) is 13.2 Å². The predicted molar refractivity (Wildman–Crippen MR) is 113 cm³/mol. The highest BCUT2D eigenvalue weighted by Crippen LogP contribution is 2.23. The number of ether oxygens (including phenoxy) is 2. The summed E-state index contributed by atoms with van der Waals surface area (Å²) in [5.41, 5.74) is 0.796. The second-order valence-electron chi connectivity index (χ2n) is 6.87. The van der Waals surface area contributed by atoms with Crippen molar-refractivity contribution in [2.24, 2.45) is 0 Å². The Morgan fingerprint density at radius 1 is 1.03 bits per heavy atom. The topological polar surface area (TPSA) is 127 Å². The van der Waals surface area contributed by atoms with Gasteiger partial charge in [0.15, 0.2) is 5.76 Å². The van der Waals surface area contributed by atoms with Crippen LogP contribution in [0.4, 0.5) is 16.2 Å². The third-order valence-corrected chi connectivity index (χ3v) is 6.37. The van der Waals surface area contributed by atoms with E-state index < -0.39 is 22.0 Å². The van der Waals surface area contributed by atoms with Crippen LogP contribution >= 0.6 is 0 Å². The molecule has 10 nitrogen and oxygen atoms in total. The monoisotopic (exact) mass is 451 g/mol. The van der Waals surface area contributed by atoms with Gasteiger partial charge in [-0.15, -0.1) is 0 Å². The van der Waals surface area contributed by atoms with E-state index in [0.29, 0.717) is 24.5 Å². The van der Waals surface area contributed by atoms with Gasteiger partial charge in [-0.2, -0.15) is 4.31 Å². The largest absolute Gasteiger partial charge is 0.447 e. The Kier molecular flexibility index (Phi) is 7.66. The molecule has 0 spiro atoms. The van der Waals surface area contributed by atoms with Gasteiger partial charge in [0.25, 0.3) is 15.9 Å². The molecule has 0 radical (unpaired) electrons. The summed E-state index contributed by atoms with van der Waals surface area (Å²) in [7, 11) is -2.26. The standard InChI is InChI=1S/C20H25N3O7S/c1-28-12-13-29-20(25)22-16-7-5-6-15(14-16)21-19(24)17-8-9-18(30-17)31(26,27)23-10-3-2-4-11-23/h5-9,14H,2-4,10-13H2,1H3,(H,21,24)(H,22,25). The predicted octanol–water partition coefficient (Wildman–Crippen LogP) is 2.90. The summed E-state index contributed by atoms with van der Waals surface area (Å²) in [6.45, 7) is 1.28. The van der Waals surface area contributed by atoms with E-state index in [1.54, 1.807) is 18.2 Å². The zero-order valence-electron chi connectivity index (χ0n) is 17.1. The number of carbonyl (C=O) groups is 2. The van der Waals surface area contributed by atoms with Crippen LogP contribution in [-0.2, 0) is 19.5 Å². The Hall–Kier alpha value is -2.89. The van der Waals surface area contributed by atoms with Crippen molar-refractivity contribution in [1.82, 2.24) is 4.31 Å². The van der Waals surface area contributed by atoms with Crippen LogP contribution in [0, 0.1) is 0 Å². The molecule has 0 atom stereocenters. The molecule has 0 aliphatic carbocycles. The van der Waals surface area contributed by atoms with E-state index in [0.717, 1.165) is 19.3 Å². The number of nitrogens with one attached hydrogen (secondary N) is 2. The number of methoxy groups -OCH3 is 1. The van der Waals surface area contributed by atoms with Crippen molar-refractivity contribution >= 4 is 33.4 Å². The fraction of sp³-hybridized carbons (Fsp3) is 0.400. The van der Waals surface area contributed by atoms with Crippen molar-refractivity contribution in [3.05, 3.63) is 42.2 Å². The maximum Gasteiger partial charge on any atom is 0.411 e. The van der Waals surface area contributed by atoms with Crippen molar-refractivity contribution in [1.29, 1.82) is 0 Å². The third kappa shape index (κ3) is 6.06. The molecule has 3 rings (SSSR count). The quantitative estimate of drug-likeness (QED) is 0.591. The summed E-state index contributed by atoms with van der Waals surface area (Å²) in [6.07, 6.45) is 1.95. The first-order valence-electron chi connectivity index (χ1n) is 9.84. The zero-order chi connectivity index (χ0) is 22.3. The number of sulfonamides is 1. The average Bonchev–Trinajstić information content (AvgIpc) is 3.26. The molecular weight excluding hydrogens is 426 g/mol. The minimum absolute atomic E-state index is 0.111. The molecule has 0 saturated carbocycles. The molecule has 2 heterocycles. The van der Waals surface area contributed by atoms with Crippen LogP contribution in [0.5, 0.6) is 0 Å². The van der Waals surface area contributed by atoms with Crippen LogP contribution in [0.2, 0.25) is 0 Å². The van der Waals surface area contributed by atoms with E-state index in [1.807, 2.05) is 0 Å². The molecule has 168 valence electrons. The average molecular weight is 452 g/mol. The number of rotatable bonds is 8. The van der Waals surface area contributed by atoms with E-state index in [9.17, 15) is 18.0 Å². The third-order valence-electron chi connectivity index (χ3n) is 4.60. The highest BCUT2D eigenvalue weighted by Gasteiger charge is 2.29. The summed E-state index contributed by atoms with van der Waals surface area (Å²) >= 11 is 0. The van der Waals surface area contributed by atoms with Gasteiger partial charge in [0, 0.05) is 31.6 Å². The molecule has 0 unspecified atom stereocenters. The minimum Gasteiger partial charge on any atom is -0.447 e. The van der Waals surface area contributed by atoms with Crippen molar-refractivity contribution in [2.45, 2.75) is 24.4 Å². The molecule has 31 heavy (non-hydrogen) atoms. The zero-order valence-corrected chi connectivity index (χ0v) is 17.9. The second kappa shape index (κ2) is 10.4. The van der Waals surface area contributed by atoms with Crippen molar-refractivity contribution in [2.75, 3.05) is 44.0 Å². The number of benzene rings is 1. The van der Waals surface area contributed by atoms with Gasteiger partial charge in [-0.1, -0.05) is 12.5 Å².